The minimum atomic E-state index is -0.136. The Morgan fingerprint density at radius 1 is 1.25 bits per heavy atom. The Kier molecular flexibility index (Phi) is 9.01. The summed E-state index contributed by atoms with van der Waals surface area (Å²) in [5.41, 5.74) is 3.03. The van der Waals surface area contributed by atoms with Gasteiger partial charge in [-0.25, -0.2) is 0 Å². The maximum atomic E-state index is 12.0. The third kappa shape index (κ3) is 6.70. The van der Waals surface area contributed by atoms with E-state index in [2.05, 4.69) is 41.2 Å². The van der Waals surface area contributed by atoms with Crippen LogP contribution in [-0.2, 0) is 16.0 Å². The van der Waals surface area contributed by atoms with Crippen LogP contribution in [0.1, 0.15) is 25.0 Å². The first-order valence-electron chi connectivity index (χ1n) is 9.53. The van der Waals surface area contributed by atoms with Gasteiger partial charge in [0.15, 0.2) is 6.79 Å². The van der Waals surface area contributed by atoms with Crippen LogP contribution < -0.4 is 15.0 Å². The van der Waals surface area contributed by atoms with Crippen molar-refractivity contribution >= 4 is 17.7 Å². The number of benzene rings is 1. The highest BCUT2D eigenvalue weighted by Crippen LogP contribution is 2.26. The molecule has 0 unspecified atom stereocenters. The second-order valence-corrected chi connectivity index (χ2v) is 6.18. The minimum absolute atomic E-state index is 0.136. The van der Waals surface area contributed by atoms with Crippen molar-refractivity contribution in [3.05, 3.63) is 59.9 Å². The van der Waals surface area contributed by atoms with Gasteiger partial charge in [-0.05, 0) is 49.6 Å². The van der Waals surface area contributed by atoms with E-state index in [9.17, 15) is 4.79 Å². The van der Waals surface area contributed by atoms with E-state index in [1.54, 1.807) is 25.6 Å². The third-order valence-corrected chi connectivity index (χ3v) is 4.32. The number of aromatic nitrogens is 1. The number of nitrogens with one attached hydrogen (secondary N) is 1. The van der Waals surface area contributed by atoms with Crippen LogP contribution in [0.3, 0.4) is 0 Å². The van der Waals surface area contributed by atoms with E-state index in [4.69, 9.17) is 9.47 Å². The van der Waals surface area contributed by atoms with Gasteiger partial charge in [0.05, 0.1) is 0 Å². The normalized spacial score (nSPS) is 10.8. The number of hydrogen-bond donors (Lipinski definition) is 1. The Labute approximate surface area is 167 Å². The highest BCUT2D eigenvalue weighted by atomic mass is 16.7. The fraction of sp³-hybridized carbons (Fsp3) is 0.364. The monoisotopic (exact) mass is 383 g/mol. The summed E-state index contributed by atoms with van der Waals surface area (Å²) < 4.78 is 10.8. The smallest absolute Gasteiger partial charge is 0.244 e. The Balaban J connectivity index is 1.96. The van der Waals surface area contributed by atoms with Gasteiger partial charge in [0, 0.05) is 57.0 Å². The molecule has 1 amide bonds. The number of rotatable bonds is 11. The molecule has 0 bridgehead atoms. The Morgan fingerprint density at radius 3 is 2.75 bits per heavy atom. The highest BCUT2D eigenvalue weighted by Gasteiger charge is 2.09. The number of anilines is 1. The molecule has 0 aliphatic carbocycles. The first-order chi connectivity index (χ1) is 13.7. The summed E-state index contributed by atoms with van der Waals surface area (Å²) in [6, 6.07) is 9.91. The molecular weight excluding hydrogens is 354 g/mol. The highest BCUT2D eigenvalue weighted by molar-refractivity contribution is 5.91. The van der Waals surface area contributed by atoms with Crippen LogP contribution in [0.15, 0.2) is 48.8 Å². The lowest BCUT2D eigenvalue weighted by molar-refractivity contribution is -0.116. The molecule has 0 aliphatic rings. The molecule has 0 atom stereocenters. The maximum absolute atomic E-state index is 12.0. The zero-order chi connectivity index (χ0) is 20.2. The van der Waals surface area contributed by atoms with E-state index in [0.717, 1.165) is 35.7 Å². The maximum Gasteiger partial charge on any atom is 0.244 e. The van der Waals surface area contributed by atoms with Gasteiger partial charge < -0.3 is 19.7 Å². The lowest BCUT2D eigenvalue weighted by atomic mass is 10.1. The largest absolute Gasteiger partial charge is 0.467 e. The van der Waals surface area contributed by atoms with E-state index >= 15 is 0 Å². The molecule has 1 heterocycles. The Bertz CT molecular complexity index is 759. The quantitative estimate of drug-likeness (QED) is 0.477. The molecule has 0 saturated heterocycles. The number of carbonyl (C=O) groups is 1. The van der Waals surface area contributed by atoms with E-state index in [1.807, 2.05) is 18.2 Å². The fourth-order valence-electron chi connectivity index (χ4n) is 2.82. The van der Waals surface area contributed by atoms with Crippen LogP contribution in [0.5, 0.6) is 5.75 Å². The van der Waals surface area contributed by atoms with Gasteiger partial charge in [-0.15, -0.1) is 0 Å². The van der Waals surface area contributed by atoms with E-state index < -0.39 is 0 Å². The van der Waals surface area contributed by atoms with E-state index in [1.165, 1.54) is 6.08 Å². The fourth-order valence-corrected chi connectivity index (χ4v) is 2.82. The topological polar surface area (TPSA) is 63.7 Å². The molecule has 0 radical (unpaired) electrons. The number of amides is 1. The molecule has 0 spiro atoms. The average molecular weight is 383 g/mol. The molecule has 1 N–H and O–H groups in total. The van der Waals surface area contributed by atoms with Crippen molar-refractivity contribution < 1.29 is 14.3 Å². The number of hydrogen-bond acceptors (Lipinski definition) is 5. The van der Waals surface area contributed by atoms with Crippen LogP contribution in [-0.4, -0.2) is 44.4 Å². The Hall–Kier alpha value is -2.86. The first-order valence-corrected chi connectivity index (χ1v) is 9.53. The summed E-state index contributed by atoms with van der Waals surface area (Å²) in [5, 5.41) is 2.90. The summed E-state index contributed by atoms with van der Waals surface area (Å²) in [6.45, 7) is 6.82. The second-order valence-electron chi connectivity index (χ2n) is 6.18. The molecule has 28 heavy (non-hydrogen) atoms. The average Bonchev–Trinajstić information content (AvgIpc) is 2.73. The van der Waals surface area contributed by atoms with Gasteiger partial charge in [0.2, 0.25) is 5.91 Å². The number of nitrogens with zero attached hydrogens (tertiary/aromatic N) is 2. The third-order valence-electron chi connectivity index (χ3n) is 4.32. The number of carbonyl (C=O) groups excluding carboxylic acids is 1. The van der Waals surface area contributed by atoms with Crippen LogP contribution in [0.2, 0.25) is 0 Å². The number of ether oxygens (including phenoxy) is 2. The van der Waals surface area contributed by atoms with Crippen molar-refractivity contribution in [2.45, 2.75) is 20.3 Å². The van der Waals surface area contributed by atoms with Crippen molar-refractivity contribution in [3.8, 4) is 5.75 Å². The van der Waals surface area contributed by atoms with Crippen molar-refractivity contribution in [2.24, 2.45) is 0 Å². The molecule has 6 heteroatoms. The number of methoxy groups -OCH3 is 1. The summed E-state index contributed by atoms with van der Waals surface area (Å²) in [6.07, 6.45) is 7.34. The molecule has 1 aromatic heterocycles. The standard InChI is InChI=1S/C22H29N3O3/c1-4-25(5-2)20-10-9-19(21(15-20)28-17-27-3)12-14-24-22(26)11-8-18-7-6-13-23-16-18/h6-11,13,15-16H,4-5,12,14,17H2,1-3H3,(H,24,26)/b11-8+. The van der Waals surface area contributed by atoms with Gasteiger partial charge in [-0.3, -0.25) is 9.78 Å². The first kappa shape index (κ1) is 21.4. The zero-order valence-corrected chi connectivity index (χ0v) is 16.9. The number of pyridine rings is 1. The van der Waals surface area contributed by atoms with Crippen LogP contribution in [0.4, 0.5) is 5.69 Å². The Morgan fingerprint density at radius 2 is 2.07 bits per heavy atom. The second kappa shape index (κ2) is 11.8. The van der Waals surface area contributed by atoms with Gasteiger partial charge >= 0.3 is 0 Å². The molecule has 2 aromatic rings. The molecule has 0 fully saturated rings. The molecule has 150 valence electrons. The lowest BCUT2D eigenvalue weighted by Crippen LogP contribution is -2.24. The minimum Gasteiger partial charge on any atom is -0.467 e. The van der Waals surface area contributed by atoms with E-state index in [-0.39, 0.29) is 12.7 Å². The van der Waals surface area contributed by atoms with Gasteiger partial charge in [-0.1, -0.05) is 12.1 Å². The molecule has 2 rings (SSSR count). The van der Waals surface area contributed by atoms with Crippen molar-refractivity contribution in [2.75, 3.05) is 38.4 Å². The van der Waals surface area contributed by atoms with Crippen LogP contribution in [0.25, 0.3) is 6.08 Å². The molecule has 0 saturated carbocycles. The molecule has 6 nitrogen and oxygen atoms in total. The summed E-state index contributed by atoms with van der Waals surface area (Å²) in [5.74, 6) is 0.648. The van der Waals surface area contributed by atoms with Crippen molar-refractivity contribution in [1.29, 1.82) is 0 Å². The van der Waals surface area contributed by atoms with Gasteiger partial charge in [0.25, 0.3) is 0 Å². The van der Waals surface area contributed by atoms with Gasteiger partial charge in [0.1, 0.15) is 5.75 Å². The summed E-state index contributed by atoms with van der Waals surface area (Å²) in [4.78, 5) is 18.3. The van der Waals surface area contributed by atoms with Crippen LogP contribution in [0, 0.1) is 0 Å². The van der Waals surface area contributed by atoms with Crippen molar-refractivity contribution in [1.82, 2.24) is 10.3 Å². The summed E-state index contributed by atoms with van der Waals surface area (Å²) in [7, 11) is 1.60. The van der Waals surface area contributed by atoms with Crippen molar-refractivity contribution in [3.63, 3.8) is 0 Å². The van der Waals surface area contributed by atoms with Gasteiger partial charge in [-0.2, -0.15) is 0 Å². The summed E-state index contributed by atoms with van der Waals surface area (Å²) >= 11 is 0. The van der Waals surface area contributed by atoms with E-state index in [0.29, 0.717) is 13.0 Å². The SMILES string of the molecule is CCN(CC)c1ccc(CCNC(=O)/C=C/c2cccnc2)c(OCOC)c1. The molecular formula is C22H29N3O3. The van der Waals surface area contributed by atoms with Crippen LogP contribution >= 0.6 is 0 Å². The predicted molar refractivity (Wildman–Crippen MR) is 112 cm³/mol. The lowest BCUT2D eigenvalue weighted by Gasteiger charge is -2.22. The molecule has 1 aromatic carbocycles. The zero-order valence-electron chi connectivity index (χ0n) is 16.9. The predicted octanol–water partition coefficient (Wildman–Crippen LogP) is 3.28. The molecule has 0 aliphatic heterocycles.